The van der Waals surface area contributed by atoms with E-state index in [4.69, 9.17) is 9.84 Å². The zero-order chi connectivity index (χ0) is 12.4. The Labute approximate surface area is 95.8 Å². The summed E-state index contributed by atoms with van der Waals surface area (Å²) in [5.74, 6) is -0.291. The van der Waals surface area contributed by atoms with Gasteiger partial charge in [0.2, 0.25) is 0 Å². The topological polar surface area (TPSA) is 79.2 Å². The van der Waals surface area contributed by atoms with Crippen molar-refractivity contribution in [2.45, 2.75) is 12.5 Å². The van der Waals surface area contributed by atoms with Crippen molar-refractivity contribution in [1.82, 2.24) is 4.90 Å². The van der Waals surface area contributed by atoms with Gasteiger partial charge >= 0.3 is 5.97 Å². The van der Waals surface area contributed by atoms with E-state index in [9.17, 15) is 9.90 Å². The number of aliphatic hydroxyl groups is 2. The molecule has 0 aliphatic carbocycles. The van der Waals surface area contributed by atoms with Crippen LogP contribution < -0.4 is 0 Å². The molecule has 0 aromatic heterocycles. The maximum Gasteiger partial charge on any atom is 0.306 e. The standard InChI is InChI=1S/C10H21NO5/c1-15-6-5-11(7-9(13)8-12)4-3-10(14)16-2/h9,12-13H,3-8H2,1-2H3. The van der Waals surface area contributed by atoms with Crippen LogP contribution in [0.1, 0.15) is 6.42 Å². The molecule has 0 rings (SSSR count). The number of aliphatic hydroxyl groups excluding tert-OH is 2. The van der Waals surface area contributed by atoms with E-state index in [2.05, 4.69) is 4.74 Å². The van der Waals surface area contributed by atoms with Gasteiger partial charge in [0, 0.05) is 26.7 Å². The molecule has 0 aliphatic rings. The van der Waals surface area contributed by atoms with Crippen LogP contribution in [0.5, 0.6) is 0 Å². The molecular weight excluding hydrogens is 214 g/mol. The van der Waals surface area contributed by atoms with Crippen molar-refractivity contribution >= 4 is 5.97 Å². The second-order valence-electron chi connectivity index (χ2n) is 3.46. The average molecular weight is 235 g/mol. The van der Waals surface area contributed by atoms with Crippen molar-refractivity contribution in [3.8, 4) is 0 Å². The first kappa shape index (κ1) is 15.3. The summed E-state index contributed by atoms with van der Waals surface area (Å²) in [6.45, 7) is 1.62. The SMILES string of the molecule is COCCN(CCC(=O)OC)CC(O)CO. The molecule has 0 aliphatic heterocycles. The number of carbonyl (C=O) groups is 1. The van der Waals surface area contributed by atoms with Crippen molar-refractivity contribution in [3.05, 3.63) is 0 Å². The number of hydrogen-bond acceptors (Lipinski definition) is 6. The lowest BCUT2D eigenvalue weighted by Crippen LogP contribution is -2.37. The van der Waals surface area contributed by atoms with E-state index >= 15 is 0 Å². The van der Waals surface area contributed by atoms with E-state index in [0.29, 0.717) is 26.2 Å². The Morgan fingerprint density at radius 2 is 2.06 bits per heavy atom. The predicted octanol–water partition coefficient (Wildman–Crippen LogP) is -1.15. The highest BCUT2D eigenvalue weighted by Gasteiger charge is 2.12. The number of hydrogen-bond donors (Lipinski definition) is 2. The molecule has 2 N–H and O–H groups in total. The van der Waals surface area contributed by atoms with Crippen LogP contribution in [-0.2, 0) is 14.3 Å². The molecule has 0 heterocycles. The molecule has 6 heteroatoms. The van der Waals surface area contributed by atoms with Gasteiger partial charge in [0.15, 0.2) is 0 Å². The number of esters is 1. The highest BCUT2D eigenvalue weighted by atomic mass is 16.5. The molecule has 1 unspecified atom stereocenters. The average Bonchev–Trinajstić information content (AvgIpc) is 2.31. The fourth-order valence-electron chi connectivity index (χ4n) is 1.22. The highest BCUT2D eigenvalue weighted by Crippen LogP contribution is 1.96. The van der Waals surface area contributed by atoms with Gasteiger partial charge in [0.25, 0.3) is 0 Å². The molecule has 0 fully saturated rings. The number of nitrogens with zero attached hydrogens (tertiary/aromatic N) is 1. The maximum absolute atomic E-state index is 11.0. The predicted molar refractivity (Wildman–Crippen MR) is 58.0 cm³/mol. The summed E-state index contributed by atoms with van der Waals surface area (Å²) < 4.78 is 9.45. The number of methoxy groups -OCH3 is 2. The van der Waals surface area contributed by atoms with Crippen LogP contribution >= 0.6 is 0 Å². The number of rotatable bonds is 9. The monoisotopic (exact) mass is 235 g/mol. The van der Waals surface area contributed by atoms with Crippen LogP contribution in [0.25, 0.3) is 0 Å². The molecule has 0 amide bonds. The molecule has 0 aromatic carbocycles. The fourth-order valence-corrected chi connectivity index (χ4v) is 1.22. The highest BCUT2D eigenvalue weighted by molar-refractivity contribution is 5.69. The van der Waals surface area contributed by atoms with Crippen LogP contribution in [-0.4, -0.2) is 74.3 Å². The minimum Gasteiger partial charge on any atom is -0.469 e. The van der Waals surface area contributed by atoms with Crippen molar-refractivity contribution in [2.24, 2.45) is 0 Å². The van der Waals surface area contributed by atoms with E-state index in [1.54, 1.807) is 7.11 Å². The Morgan fingerprint density at radius 1 is 1.38 bits per heavy atom. The van der Waals surface area contributed by atoms with Crippen molar-refractivity contribution in [1.29, 1.82) is 0 Å². The molecule has 0 bridgehead atoms. The van der Waals surface area contributed by atoms with E-state index in [0.717, 1.165) is 0 Å². The Kier molecular flexibility index (Phi) is 9.12. The minimum atomic E-state index is -0.797. The summed E-state index contributed by atoms with van der Waals surface area (Å²) in [7, 11) is 2.92. The van der Waals surface area contributed by atoms with Crippen LogP contribution in [0.15, 0.2) is 0 Å². The molecule has 96 valence electrons. The molecule has 1 atom stereocenters. The molecule has 16 heavy (non-hydrogen) atoms. The van der Waals surface area contributed by atoms with E-state index < -0.39 is 6.10 Å². The van der Waals surface area contributed by atoms with Gasteiger partial charge in [-0.25, -0.2) is 0 Å². The Morgan fingerprint density at radius 3 is 2.56 bits per heavy atom. The Hall–Kier alpha value is -0.690. The molecular formula is C10H21NO5. The fraction of sp³-hybridized carbons (Fsp3) is 0.900. The van der Waals surface area contributed by atoms with Gasteiger partial charge in [-0.3, -0.25) is 9.69 Å². The van der Waals surface area contributed by atoms with Crippen molar-refractivity contribution in [2.75, 3.05) is 47.1 Å². The summed E-state index contributed by atoms with van der Waals surface area (Å²) in [6, 6.07) is 0. The van der Waals surface area contributed by atoms with Crippen molar-refractivity contribution < 1.29 is 24.5 Å². The molecule has 0 radical (unpaired) electrons. The van der Waals surface area contributed by atoms with Crippen LogP contribution in [0, 0.1) is 0 Å². The third-order valence-electron chi connectivity index (χ3n) is 2.15. The number of carbonyl (C=O) groups excluding carboxylic acids is 1. The zero-order valence-electron chi connectivity index (χ0n) is 9.89. The van der Waals surface area contributed by atoms with Gasteiger partial charge < -0.3 is 19.7 Å². The van der Waals surface area contributed by atoms with Crippen LogP contribution in [0.3, 0.4) is 0 Å². The third kappa shape index (κ3) is 7.58. The smallest absolute Gasteiger partial charge is 0.306 e. The first-order valence-electron chi connectivity index (χ1n) is 5.21. The van der Waals surface area contributed by atoms with Gasteiger partial charge in [0.05, 0.1) is 32.8 Å². The lowest BCUT2D eigenvalue weighted by Gasteiger charge is -2.23. The third-order valence-corrected chi connectivity index (χ3v) is 2.15. The molecule has 6 nitrogen and oxygen atoms in total. The van der Waals surface area contributed by atoms with Gasteiger partial charge in [-0.1, -0.05) is 0 Å². The first-order valence-corrected chi connectivity index (χ1v) is 5.21. The molecule has 0 spiro atoms. The zero-order valence-corrected chi connectivity index (χ0v) is 9.89. The summed E-state index contributed by atoms with van der Waals surface area (Å²) in [6.07, 6.45) is -0.534. The van der Waals surface area contributed by atoms with E-state index in [1.807, 2.05) is 4.90 Å². The van der Waals surface area contributed by atoms with Gasteiger partial charge in [0.1, 0.15) is 0 Å². The van der Waals surface area contributed by atoms with Gasteiger partial charge in [-0.15, -0.1) is 0 Å². The lowest BCUT2D eigenvalue weighted by atomic mass is 10.3. The molecule has 0 aromatic rings. The van der Waals surface area contributed by atoms with E-state index in [-0.39, 0.29) is 19.0 Å². The summed E-state index contributed by atoms with van der Waals surface area (Å²) in [5.41, 5.74) is 0. The summed E-state index contributed by atoms with van der Waals surface area (Å²) >= 11 is 0. The quantitative estimate of drug-likeness (QED) is 0.491. The number of ether oxygens (including phenoxy) is 2. The minimum absolute atomic E-state index is 0.262. The van der Waals surface area contributed by atoms with Gasteiger partial charge in [-0.05, 0) is 0 Å². The largest absolute Gasteiger partial charge is 0.469 e. The van der Waals surface area contributed by atoms with E-state index in [1.165, 1.54) is 7.11 Å². The molecule has 0 saturated heterocycles. The lowest BCUT2D eigenvalue weighted by molar-refractivity contribution is -0.141. The summed E-state index contributed by atoms with van der Waals surface area (Å²) in [4.78, 5) is 12.8. The second kappa shape index (κ2) is 9.53. The maximum atomic E-state index is 11.0. The van der Waals surface area contributed by atoms with Gasteiger partial charge in [-0.2, -0.15) is 0 Å². The van der Waals surface area contributed by atoms with Crippen LogP contribution in [0.4, 0.5) is 0 Å². The Bertz CT molecular complexity index is 188. The molecule has 0 saturated carbocycles. The van der Waals surface area contributed by atoms with Crippen molar-refractivity contribution in [3.63, 3.8) is 0 Å². The van der Waals surface area contributed by atoms with Crippen LogP contribution in [0.2, 0.25) is 0 Å². The second-order valence-corrected chi connectivity index (χ2v) is 3.46. The first-order chi connectivity index (χ1) is 7.63. The normalized spacial score (nSPS) is 12.8. The Balaban J connectivity index is 3.93. The summed E-state index contributed by atoms with van der Waals surface area (Å²) in [5, 5.41) is 18.0.